The number of rotatable bonds is 6. The largest absolute Gasteiger partial charge is 0.458 e. The number of esters is 1. The summed E-state index contributed by atoms with van der Waals surface area (Å²) in [5.74, 6) is -0.0754. The first-order valence-electron chi connectivity index (χ1n) is 5.32. The van der Waals surface area contributed by atoms with Crippen LogP contribution >= 0.6 is 0 Å². The number of carbonyl (C=O) groups excluding carboxylic acids is 1. The number of allylic oxidation sites excluding steroid dienone is 2. The number of ether oxygens (including phenoxy) is 1. The Morgan fingerprint density at radius 3 is 2.40 bits per heavy atom. The Bertz CT molecular complexity index is 278. The van der Waals surface area contributed by atoms with E-state index in [2.05, 4.69) is 19.7 Å². The third-order valence-corrected chi connectivity index (χ3v) is 2.75. The van der Waals surface area contributed by atoms with Crippen LogP contribution in [-0.4, -0.2) is 12.1 Å². The van der Waals surface area contributed by atoms with E-state index in [1.54, 1.807) is 0 Å². The van der Waals surface area contributed by atoms with Gasteiger partial charge in [-0.2, -0.15) is 0 Å². The Kier molecular flexibility index (Phi) is 4.35. The van der Waals surface area contributed by atoms with Gasteiger partial charge in [-0.15, -0.1) is 13.2 Å². The zero-order valence-electron chi connectivity index (χ0n) is 9.08. The zero-order chi connectivity index (χ0) is 11.3. The smallest absolute Gasteiger partial charge is 0.334 e. The fraction of sp³-hybridized carbons (Fsp3) is 0.462. The van der Waals surface area contributed by atoms with Crippen molar-refractivity contribution in [1.82, 2.24) is 0 Å². The Morgan fingerprint density at radius 1 is 1.20 bits per heavy atom. The van der Waals surface area contributed by atoms with Crippen LogP contribution in [0.15, 0.2) is 37.5 Å². The summed E-state index contributed by atoms with van der Waals surface area (Å²) < 4.78 is 5.26. The molecule has 0 aromatic heterocycles. The quantitative estimate of drug-likeness (QED) is 0.379. The second kappa shape index (κ2) is 5.54. The molecule has 1 aliphatic heterocycles. The molecule has 1 aliphatic rings. The maximum Gasteiger partial charge on any atom is 0.334 e. The molecule has 1 fully saturated rings. The monoisotopic (exact) mass is 206 g/mol. The Balaban J connectivity index is 2.59. The molecule has 0 aromatic carbocycles. The third-order valence-electron chi connectivity index (χ3n) is 2.75. The standard InChI is InChI=1S/C13H18O2/c1-4-6-8-11-10(3)13(14)15-12(11)9-7-5-2/h4-5,11-12H,1-3,6-9H2/t11-,12-/m1/s1. The van der Waals surface area contributed by atoms with Gasteiger partial charge in [0.05, 0.1) is 0 Å². The summed E-state index contributed by atoms with van der Waals surface area (Å²) in [6.07, 6.45) is 7.20. The van der Waals surface area contributed by atoms with Gasteiger partial charge >= 0.3 is 5.97 Å². The van der Waals surface area contributed by atoms with Gasteiger partial charge in [0.25, 0.3) is 0 Å². The van der Waals surface area contributed by atoms with Crippen molar-refractivity contribution >= 4 is 5.97 Å². The molecule has 0 bridgehead atoms. The van der Waals surface area contributed by atoms with E-state index in [1.165, 1.54) is 0 Å². The highest BCUT2D eigenvalue weighted by atomic mass is 16.6. The van der Waals surface area contributed by atoms with Crippen LogP contribution in [-0.2, 0) is 9.53 Å². The van der Waals surface area contributed by atoms with Crippen molar-refractivity contribution in [3.63, 3.8) is 0 Å². The van der Waals surface area contributed by atoms with Crippen LogP contribution in [0, 0.1) is 5.92 Å². The molecule has 0 aliphatic carbocycles. The molecule has 0 N–H and O–H groups in total. The fourth-order valence-electron chi connectivity index (χ4n) is 1.87. The van der Waals surface area contributed by atoms with Crippen LogP contribution < -0.4 is 0 Å². The van der Waals surface area contributed by atoms with Gasteiger partial charge in [0.2, 0.25) is 0 Å². The summed E-state index contributed by atoms with van der Waals surface area (Å²) >= 11 is 0. The highest BCUT2D eigenvalue weighted by molar-refractivity contribution is 5.90. The lowest BCUT2D eigenvalue weighted by molar-refractivity contribution is -0.139. The van der Waals surface area contributed by atoms with Gasteiger partial charge in [0, 0.05) is 11.5 Å². The van der Waals surface area contributed by atoms with Crippen molar-refractivity contribution in [2.45, 2.75) is 31.8 Å². The molecule has 0 aromatic rings. The number of carbonyl (C=O) groups is 1. The molecule has 0 radical (unpaired) electrons. The highest BCUT2D eigenvalue weighted by Gasteiger charge is 2.37. The lowest BCUT2D eigenvalue weighted by atomic mass is 9.90. The van der Waals surface area contributed by atoms with Crippen LogP contribution in [0.4, 0.5) is 0 Å². The minimum atomic E-state index is -0.238. The van der Waals surface area contributed by atoms with E-state index in [-0.39, 0.29) is 18.0 Å². The molecule has 2 atom stereocenters. The number of hydrogen-bond donors (Lipinski definition) is 0. The molecular formula is C13H18O2. The first kappa shape index (κ1) is 11.8. The topological polar surface area (TPSA) is 26.3 Å². The summed E-state index contributed by atoms with van der Waals surface area (Å²) in [6, 6.07) is 0. The minimum absolute atomic E-state index is 0.0112. The molecule has 1 heterocycles. The highest BCUT2D eigenvalue weighted by Crippen LogP contribution is 2.33. The van der Waals surface area contributed by atoms with Crippen molar-refractivity contribution in [3.05, 3.63) is 37.5 Å². The summed E-state index contributed by atoms with van der Waals surface area (Å²) in [4.78, 5) is 11.3. The molecule has 15 heavy (non-hydrogen) atoms. The van der Waals surface area contributed by atoms with Crippen LogP contribution in [0.25, 0.3) is 0 Å². The maximum absolute atomic E-state index is 11.3. The Morgan fingerprint density at radius 2 is 1.80 bits per heavy atom. The van der Waals surface area contributed by atoms with Gasteiger partial charge in [-0.1, -0.05) is 18.7 Å². The molecular weight excluding hydrogens is 188 g/mol. The molecule has 2 heteroatoms. The predicted molar refractivity (Wildman–Crippen MR) is 61.4 cm³/mol. The molecule has 1 saturated heterocycles. The SMILES string of the molecule is C=CCC[C@@H]1C(=C)C(=O)O[C@@H]1CCC=C. The second-order valence-corrected chi connectivity index (χ2v) is 3.81. The van der Waals surface area contributed by atoms with E-state index in [0.717, 1.165) is 25.7 Å². The average molecular weight is 206 g/mol. The second-order valence-electron chi connectivity index (χ2n) is 3.81. The van der Waals surface area contributed by atoms with E-state index in [1.807, 2.05) is 12.2 Å². The molecule has 82 valence electrons. The third kappa shape index (κ3) is 2.82. The molecule has 0 amide bonds. The molecule has 1 rings (SSSR count). The summed E-state index contributed by atoms with van der Waals surface area (Å²) in [5, 5.41) is 0. The fourth-order valence-corrected chi connectivity index (χ4v) is 1.87. The molecule has 0 unspecified atom stereocenters. The van der Waals surface area contributed by atoms with E-state index < -0.39 is 0 Å². The van der Waals surface area contributed by atoms with E-state index in [0.29, 0.717) is 5.57 Å². The van der Waals surface area contributed by atoms with Gasteiger partial charge in [-0.05, 0) is 25.7 Å². The number of cyclic esters (lactones) is 1. The first-order valence-corrected chi connectivity index (χ1v) is 5.32. The lowest BCUT2D eigenvalue weighted by Crippen LogP contribution is -2.16. The van der Waals surface area contributed by atoms with Gasteiger partial charge in [-0.25, -0.2) is 4.79 Å². The van der Waals surface area contributed by atoms with Crippen LogP contribution in [0.2, 0.25) is 0 Å². The van der Waals surface area contributed by atoms with Crippen molar-refractivity contribution < 1.29 is 9.53 Å². The number of hydrogen-bond acceptors (Lipinski definition) is 2. The normalized spacial score (nSPS) is 25.1. The van der Waals surface area contributed by atoms with Crippen molar-refractivity contribution in [2.75, 3.05) is 0 Å². The van der Waals surface area contributed by atoms with Gasteiger partial charge < -0.3 is 4.74 Å². The molecule has 0 spiro atoms. The summed E-state index contributed by atoms with van der Waals surface area (Å²) in [6.45, 7) is 11.1. The lowest BCUT2D eigenvalue weighted by Gasteiger charge is -2.15. The first-order chi connectivity index (χ1) is 7.20. The van der Waals surface area contributed by atoms with Crippen LogP contribution in [0.3, 0.4) is 0 Å². The zero-order valence-corrected chi connectivity index (χ0v) is 9.08. The average Bonchev–Trinajstić information content (AvgIpc) is 2.50. The molecule has 2 nitrogen and oxygen atoms in total. The van der Waals surface area contributed by atoms with Gasteiger partial charge in [0.1, 0.15) is 6.10 Å². The van der Waals surface area contributed by atoms with Gasteiger partial charge in [0.15, 0.2) is 0 Å². The Labute approximate surface area is 91.3 Å². The van der Waals surface area contributed by atoms with Gasteiger partial charge in [-0.3, -0.25) is 0 Å². The van der Waals surface area contributed by atoms with Crippen LogP contribution in [0.1, 0.15) is 25.7 Å². The Hall–Kier alpha value is -1.31. The minimum Gasteiger partial charge on any atom is -0.458 e. The predicted octanol–water partition coefficient (Wildman–Crippen LogP) is 3.02. The van der Waals surface area contributed by atoms with Crippen LogP contribution in [0.5, 0.6) is 0 Å². The summed E-state index contributed by atoms with van der Waals surface area (Å²) in [5.41, 5.74) is 0.617. The summed E-state index contributed by atoms with van der Waals surface area (Å²) in [7, 11) is 0. The van der Waals surface area contributed by atoms with E-state index in [9.17, 15) is 4.79 Å². The molecule has 0 saturated carbocycles. The van der Waals surface area contributed by atoms with E-state index >= 15 is 0 Å². The van der Waals surface area contributed by atoms with E-state index in [4.69, 9.17) is 4.74 Å². The maximum atomic E-state index is 11.3. The van der Waals surface area contributed by atoms with Crippen molar-refractivity contribution in [2.24, 2.45) is 5.92 Å². The van der Waals surface area contributed by atoms with Crippen molar-refractivity contribution in [3.8, 4) is 0 Å². The van der Waals surface area contributed by atoms with Crippen molar-refractivity contribution in [1.29, 1.82) is 0 Å².